The first kappa shape index (κ1) is 29.1. The Hall–Kier alpha value is -4.37. The Kier molecular flexibility index (Phi) is 7.97. The van der Waals surface area contributed by atoms with Crippen LogP contribution < -0.4 is 10.6 Å². The lowest BCUT2D eigenvalue weighted by Gasteiger charge is -2.23. The standard InChI is InChI=1S/C27H30F3N9O3/c1-26(2,27(28,29)30)24-37-36-23(42-24)22(41)34-21-7-9-39(10-11-40)14-17-12-16(4-5-19(17)21)20-6-8-31-25(35-20)33-18-13-32-38(3)15-18/h4-6,8,12-13,15,21,40H,7,9-11,14H2,1-3H3,(H,34,41)(H,31,33,35)/t21-/m1/s1. The van der Waals surface area contributed by atoms with Crippen LogP contribution in [-0.4, -0.2) is 71.7 Å². The van der Waals surface area contributed by atoms with Gasteiger partial charge in [0.1, 0.15) is 5.41 Å². The second-order valence-electron chi connectivity index (χ2n) is 10.6. The number of carbonyl (C=O) groups excluding carboxylic acids is 1. The predicted molar refractivity (Wildman–Crippen MR) is 145 cm³/mol. The highest BCUT2D eigenvalue weighted by atomic mass is 19.4. The van der Waals surface area contributed by atoms with Gasteiger partial charge in [-0.3, -0.25) is 14.4 Å². The number of amides is 1. The lowest BCUT2D eigenvalue weighted by atomic mass is 9.93. The third-order valence-electron chi connectivity index (χ3n) is 7.14. The van der Waals surface area contributed by atoms with Gasteiger partial charge < -0.3 is 20.2 Å². The monoisotopic (exact) mass is 585 g/mol. The van der Waals surface area contributed by atoms with E-state index in [9.17, 15) is 23.1 Å². The SMILES string of the molecule is Cn1cc(Nc2nccc(-c3ccc4c(c3)CN(CCO)CC[C@H]4NC(=O)c3nnc(C(C)(C)C(F)(F)F)o3)n2)cn1. The number of aromatic nitrogens is 6. The number of hydrogen-bond acceptors (Lipinski definition) is 10. The van der Waals surface area contributed by atoms with E-state index in [0.717, 1.165) is 36.2 Å². The second kappa shape index (κ2) is 11.5. The number of aryl methyl sites for hydroxylation is 1. The number of carbonyl (C=O) groups is 1. The van der Waals surface area contributed by atoms with Crippen LogP contribution in [0.1, 0.15) is 54.0 Å². The van der Waals surface area contributed by atoms with Crippen LogP contribution in [0.4, 0.5) is 24.8 Å². The summed E-state index contributed by atoms with van der Waals surface area (Å²) in [4.78, 5) is 24.0. The quantitative estimate of drug-likeness (QED) is 0.281. The molecule has 12 nitrogen and oxygen atoms in total. The van der Waals surface area contributed by atoms with E-state index in [2.05, 4.69) is 40.8 Å². The molecule has 1 aliphatic rings. The first-order valence-electron chi connectivity index (χ1n) is 13.2. The highest BCUT2D eigenvalue weighted by molar-refractivity contribution is 5.89. The Balaban J connectivity index is 1.40. The number of anilines is 2. The zero-order valence-corrected chi connectivity index (χ0v) is 23.2. The number of hydrogen-bond donors (Lipinski definition) is 3. The van der Waals surface area contributed by atoms with Crippen LogP contribution >= 0.6 is 0 Å². The lowest BCUT2D eigenvalue weighted by Crippen LogP contribution is -2.36. The van der Waals surface area contributed by atoms with Crippen molar-refractivity contribution in [3.05, 3.63) is 65.8 Å². The summed E-state index contributed by atoms with van der Waals surface area (Å²) in [5, 5.41) is 26.8. The molecule has 3 N–H and O–H groups in total. The zero-order chi connectivity index (χ0) is 30.1. The van der Waals surface area contributed by atoms with Gasteiger partial charge in [0.05, 0.1) is 30.2 Å². The third kappa shape index (κ3) is 6.11. The number of nitrogens with zero attached hydrogens (tertiary/aromatic N) is 7. The van der Waals surface area contributed by atoms with E-state index in [4.69, 9.17) is 4.42 Å². The number of aliphatic hydroxyl groups is 1. The van der Waals surface area contributed by atoms with E-state index >= 15 is 0 Å². The Bertz CT molecular complexity index is 1570. The molecular formula is C27H30F3N9O3. The summed E-state index contributed by atoms with van der Waals surface area (Å²) in [7, 11) is 1.81. The topological polar surface area (TPSA) is 147 Å². The van der Waals surface area contributed by atoms with E-state index in [1.807, 2.05) is 25.2 Å². The van der Waals surface area contributed by atoms with Crippen molar-refractivity contribution in [3.8, 4) is 11.3 Å². The summed E-state index contributed by atoms with van der Waals surface area (Å²) >= 11 is 0. The molecule has 0 bridgehead atoms. The molecule has 15 heteroatoms. The van der Waals surface area contributed by atoms with Crippen molar-refractivity contribution in [3.63, 3.8) is 0 Å². The highest BCUT2D eigenvalue weighted by Gasteiger charge is 2.52. The molecule has 1 atom stereocenters. The Morgan fingerprint density at radius 3 is 2.74 bits per heavy atom. The molecule has 0 radical (unpaired) electrons. The molecule has 1 aromatic carbocycles. The average Bonchev–Trinajstić information content (AvgIpc) is 3.56. The van der Waals surface area contributed by atoms with Gasteiger partial charge in [0.2, 0.25) is 11.8 Å². The minimum absolute atomic E-state index is 0.0406. The summed E-state index contributed by atoms with van der Waals surface area (Å²) in [6.07, 6.45) is 0.955. The van der Waals surface area contributed by atoms with Crippen LogP contribution in [0, 0.1) is 0 Å². The molecule has 42 heavy (non-hydrogen) atoms. The number of fused-ring (bicyclic) bond motifs is 1. The molecule has 5 rings (SSSR count). The number of β-amino-alcohol motifs (C(OH)–C–C–N with tert-alkyl or cyclic N) is 1. The van der Waals surface area contributed by atoms with Crippen molar-refractivity contribution in [1.82, 2.24) is 40.2 Å². The minimum Gasteiger partial charge on any atom is -0.416 e. The molecule has 0 saturated carbocycles. The minimum atomic E-state index is -4.64. The smallest absolute Gasteiger partial charge is 0.402 e. The largest absolute Gasteiger partial charge is 0.416 e. The van der Waals surface area contributed by atoms with Crippen LogP contribution in [0.5, 0.6) is 0 Å². The summed E-state index contributed by atoms with van der Waals surface area (Å²) in [6.45, 7) is 3.27. The number of alkyl halides is 3. The first-order chi connectivity index (χ1) is 19.9. The van der Waals surface area contributed by atoms with Crippen LogP contribution in [-0.2, 0) is 19.0 Å². The molecular weight excluding hydrogens is 555 g/mol. The van der Waals surface area contributed by atoms with Crippen LogP contribution in [0.2, 0.25) is 0 Å². The molecule has 4 heterocycles. The van der Waals surface area contributed by atoms with Crippen molar-refractivity contribution in [2.24, 2.45) is 7.05 Å². The fraction of sp³-hybridized carbons (Fsp3) is 0.407. The molecule has 0 aliphatic carbocycles. The predicted octanol–water partition coefficient (Wildman–Crippen LogP) is 3.51. The van der Waals surface area contributed by atoms with Gasteiger partial charge in [0, 0.05) is 44.6 Å². The molecule has 4 aromatic rings. The third-order valence-corrected chi connectivity index (χ3v) is 7.14. The van der Waals surface area contributed by atoms with Gasteiger partial charge in [-0.05, 0) is 43.5 Å². The van der Waals surface area contributed by atoms with Crippen LogP contribution in [0.3, 0.4) is 0 Å². The molecule has 0 fully saturated rings. The van der Waals surface area contributed by atoms with Crippen molar-refractivity contribution >= 4 is 17.5 Å². The average molecular weight is 586 g/mol. The lowest BCUT2D eigenvalue weighted by molar-refractivity contribution is -0.186. The maximum absolute atomic E-state index is 13.4. The summed E-state index contributed by atoms with van der Waals surface area (Å²) in [5.41, 5.74) is 1.54. The fourth-order valence-corrected chi connectivity index (χ4v) is 4.61. The van der Waals surface area contributed by atoms with E-state index in [1.165, 1.54) is 0 Å². The van der Waals surface area contributed by atoms with E-state index in [-0.39, 0.29) is 6.61 Å². The van der Waals surface area contributed by atoms with Crippen molar-refractivity contribution in [2.75, 3.05) is 25.0 Å². The summed E-state index contributed by atoms with van der Waals surface area (Å²) in [6, 6.07) is 7.03. The molecule has 222 valence electrons. The zero-order valence-electron chi connectivity index (χ0n) is 23.2. The second-order valence-corrected chi connectivity index (χ2v) is 10.6. The number of benzene rings is 1. The van der Waals surface area contributed by atoms with Gasteiger partial charge >= 0.3 is 18.0 Å². The number of nitrogens with one attached hydrogen (secondary N) is 2. The molecule has 0 unspecified atom stereocenters. The van der Waals surface area contributed by atoms with Crippen molar-refractivity contribution in [1.29, 1.82) is 0 Å². The van der Waals surface area contributed by atoms with E-state index < -0.39 is 35.3 Å². The molecule has 1 aliphatic heterocycles. The molecule has 3 aromatic heterocycles. The maximum atomic E-state index is 13.4. The van der Waals surface area contributed by atoms with Gasteiger partial charge in [-0.1, -0.05) is 12.1 Å². The van der Waals surface area contributed by atoms with Gasteiger partial charge in [-0.25, -0.2) is 9.97 Å². The highest BCUT2D eigenvalue weighted by Crippen LogP contribution is 2.39. The maximum Gasteiger partial charge on any atom is 0.402 e. The Morgan fingerprint density at radius 2 is 2.02 bits per heavy atom. The van der Waals surface area contributed by atoms with Gasteiger partial charge in [-0.15, -0.1) is 10.2 Å². The van der Waals surface area contributed by atoms with Crippen molar-refractivity contribution < 1.29 is 27.5 Å². The number of aliphatic hydroxyl groups excluding tert-OH is 1. The van der Waals surface area contributed by atoms with Gasteiger partial charge in [0.15, 0.2) is 0 Å². The Labute approximate surface area is 239 Å². The van der Waals surface area contributed by atoms with E-state index in [1.54, 1.807) is 29.3 Å². The molecule has 1 amide bonds. The number of rotatable bonds is 8. The van der Waals surface area contributed by atoms with Gasteiger partial charge in [-0.2, -0.15) is 18.3 Å². The Morgan fingerprint density at radius 1 is 1.21 bits per heavy atom. The fourth-order valence-electron chi connectivity index (χ4n) is 4.61. The normalized spacial score (nSPS) is 16.1. The number of halogens is 3. The van der Waals surface area contributed by atoms with Crippen LogP contribution in [0.15, 0.2) is 47.3 Å². The molecule has 0 saturated heterocycles. The first-order valence-corrected chi connectivity index (χ1v) is 13.2. The van der Waals surface area contributed by atoms with Gasteiger partial charge in [0.25, 0.3) is 0 Å². The summed E-state index contributed by atoms with van der Waals surface area (Å²) < 4.78 is 47.1. The van der Waals surface area contributed by atoms with Crippen molar-refractivity contribution in [2.45, 2.75) is 44.4 Å². The van der Waals surface area contributed by atoms with E-state index in [0.29, 0.717) is 37.7 Å². The summed E-state index contributed by atoms with van der Waals surface area (Å²) in [5.74, 6) is -1.62. The van der Waals surface area contributed by atoms with Crippen LogP contribution in [0.25, 0.3) is 11.3 Å². The molecule has 0 spiro atoms.